The molecule has 10 rings (SSSR count). The average molecular weight is 702 g/mol. The highest BCUT2D eigenvalue weighted by molar-refractivity contribution is 5.90. The minimum atomic E-state index is -0.533. The van der Waals surface area contributed by atoms with Crippen LogP contribution >= 0.6 is 0 Å². The van der Waals surface area contributed by atoms with Crippen molar-refractivity contribution in [1.82, 2.24) is 15.0 Å². The standard InChI is InChI=1S/C52H35N3/c1-6-17-36(18-7-1)40-29-31-45-46-32-30-41(35-48(46)52(47(45)34-40,43-25-12-4-13-26-43)44-27-14-5-15-28-44)39-23-16-24-42(33-39)51-54-49(37-19-8-2-9-20-37)53-50(55-51)38-21-10-3-11-22-38/h1-35H. The lowest BCUT2D eigenvalue weighted by atomic mass is 9.67. The Morgan fingerprint density at radius 3 is 1.07 bits per heavy atom. The maximum atomic E-state index is 5.03. The largest absolute Gasteiger partial charge is 0.208 e. The molecule has 0 atom stereocenters. The highest BCUT2D eigenvalue weighted by Crippen LogP contribution is 2.57. The molecule has 0 saturated heterocycles. The van der Waals surface area contributed by atoms with Gasteiger partial charge >= 0.3 is 0 Å². The van der Waals surface area contributed by atoms with Gasteiger partial charge in [0.05, 0.1) is 5.41 Å². The van der Waals surface area contributed by atoms with Crippen molar-refractivity contribution in [3.63, 3.8) is 0 Å². The number of nitrogens with zero attached hydrogens (tertiary/aromatic N) is 3. The number of hydrogen-bond donors (Lipinski definition) is 0. The summed E-state index contributed by atoms with van der Waals surface area (Å²) in [7, 11) is 0. The maximum Gasteiger partial charge on any atom is 0.164 e. The van der Waals surface area contributed by atoms with Crippen LogP contribution in [0.25, 0.3) is 67.5 Å². The third-order valence-corrected chi connectivity index (χ3v) is 10.8. The van der Waals surface area contributed by atoms with Crippen LogP contribution in [0.5, 0.6) is 0 Å². The molecular formula is C52H35N3. The van der Waals surface area contributed by atoms with Crippen molar-refractivity contribution in [3.8, 4) is 67.5 Å². The highest BCUT2D eigenvalue weighted by Gasteiger charge is 2.46. The monoisotopic (exact) mass is 701 g/mol. The van der Waals surface area contributed by atoms with Crippen LogP contribution in [0, 0.1) is 0 Å². The molecule has 8 aromatic carbocycles. The molecule has 0 saturated carbocycles. The first-order valence-electron chi connectivity index (χ1n) is 18.7. The van der Waals surface area contributed by atoms with Gasteiger partial charge < -0.3 is 0 Å². The van der Waals surface area contributed by atoms with Gasteiger partial charge in [0.1, 0.15) is 0 Å². The van der Waals surface area contributed by atoms with E-state index in [9.17, 15) is 0 Å². The SMILES string of the molecule is c1ccc(-c2ccc3c(c2)C(c2ccccc2)(c2ccccc2)c2cc(-c4cccc(-c5nc(-c6ccccc6)nc(-c6ccccc6)n5)c4)ccc2-3)cc1. The minimum absolute atomic E-state index is 0.533. The van der Waals surface area contributed by atoms with Crippen LogP contribution in [0.3, 0.4) is 0 Å². The summed E-state index contributed by atoms with van der Waals surface area (Å²) in [6.07, 6.45) is 0. The van der Waals surface area contributed by atoms with Gasteiger partial charge in [-0.1, -0.05) is 194 Å². The quantitative estimate of drug-likeness (QED) is 0.166. The molecule has 1 aromatic heterocycles. The summed E-state index contributed by atoms with van der Waals surface area (Å²) in [6, 6.07) is 75.5. The van der Waals surface area contributed by atoms with Crippen molar-refractivity contribution < 1.29 is 0 Å². The summed E-state index contributed by atoms with van der Waals surface area (Å²) in [6.45, 7) is 0. The number of fused-ring (bicyclic) bond motifs is 3. The number of hydrogen-bond acceptors (Lipinski definition) is 3. The molecule has 1 heterocycles. The van der Waals surface area contributed by atoms with Gasteiger partial charge in [0.25, 0.3) is 0 Å². The second-order valence-electron chi connectivity index (χ2n) is 14.0. The molecule has 0 fully saturated rings. The van der Waals surface area contributed by atoms with Gasteiger partial charge in [-0.25, -0.2) is 15.0 Å². The second kappa shape index (κ2) is 13.6. The molecule has 0 aliphatic heterocycles. The van der Waals surface area contributed by atoms with E-state index in [2.05, 4.69) is 152 Å². The Bertz CT molecular complexity index is 2690. The predicted molar refractivity (Wildman–Crippen MR) is 224 cm³/mol. The fourth-order valence-electron chi connectivity index (χ4n) is 8.25. The van der Waals surface area contributed by atoms with Crippen LogP contribution in [0.4, 0.5) is 0 Å². The van der Waals surface area contributed by atoms with Crippen molar-refractivity contribution in [1.29, 1.82) is 0 Å². The van der Waals surface area contributed by atoms with Crippen LogP contribution in [0.1, 0.15) is 22.3 Å². The Morgan fingerprint density at radius 2 is 0.600 bits per heavy atom. The second-order valence-corrected chi connectivity index (χ2v) is 14.0. The lowest BCUT2D eigenvalue weighted by Crippen LogP contribution is -2.28. The Balaban J connectivity index is 1.16. The Morgan fingerprint density at radius 1 is 0.255 bits per heavy atom. The summed E-state index contributed by atoms with van der Waals surface area (Å²) in [4.78, 5) is 15.0. The third-order valence-electron chi connectivity index (χ3n) is 10.8. The molecule has 0 spiro atoms. The topological polar surface area (TPSA) is 38.7 Å². The van der Waals surface area contributed by atoms with Crippen LogP contribution < -0.4 is 0 Å². The number of rotatable bonds is 7. The maximum absolute atomic E-state index is 5.03. The fourth-order valence-corrected chi connectivity index (χ4v) is 8.25. The van der Waals surface area contributed by atoms with E-state index in [0.29, 0.717) is 17.5 Å². The smallest absolute Gasteiger partial charge is 0.164 e. The summed E-state index contributed by atoms with van der Waals surface area (Å²) < 4.78 is 0. The Labute approximate surface area is 321 Å². The first-order valence-corrected chi connectivity index (χ1v) is 18.7. The van der Waals surface area contributed by atoms with E-state index in [-0.39, 0.29) is 0 Å². The zero-order valence-corrected chi connectivity index (χ0v) is 30.0. The molecule has 3 nitrogen and oxygen atoms in total. The number of benzene rings is 8. The van der Waals surface area contributed by atoms with E-state index in [0.717, 1.165) is 27.8 Å². The van der Waals surface area contributed by atoms with Crippen molar-refractivity contribution in [2.45, 2.75) is 5.41 Å². The van der Waals surface area contributed by atoms with Crippen molar-refractivity contribution >= 4 is 0 Å². The van der Waals surface area contributed by atoms with E-state index < -0.39 is 5.41 Å². The third kappa shape index (κ3) is 5.65. The number of aromatic nitrogens is 3. The Hall–Kier alpha value is -7.23. The summed E-state index contributed by atoms with van der Waals surface area (Å²) >= 11 is 0. The molecule has 0 bridgehead atoms. The van der Waals surface area contributed by atoms with Gasteiger partial charge in [0.15, 0.2) is 17.5 Å². The molecule has 258 valence electrons. The predicted octanol–water partition coefficient (Wildman–Crippen LogP) is 12.6. The summed E-state index contributed by atoms with van der Waals surface area (Å²) in [5.74, 6) is 1.94. The Kier molecular flexibility index (Phi) is 8.04. The molecular weight excluding hydrogens is 667 g/mol. The fraction of sp³-hybridized carbons (Fsp3) is 0.0192. The van der Waals surface area contributed by atoms with Crippen LogP contribution in [-0.4, -0.2) is 15.0 Å². The van der Waals surface area contributed by atoms with E-state index in [1.165, 1.54) is 44.5 Å². The van der Waals surface area contributed by atoms with Gasteiger partial charge in [0, 0.05) is 16.7 Å². The molecule has 0 unspecified atom stereocenters. The first-order chi connectivity index (χ1) is 27.3. The lowest BCUT2D eigenvalue weighted by Gasteiger charge is -2.34. The molecule has 0 amide bonds. The van der Waals surface area contributed by atoms with Gasteiger partial charge in [-0.05, 0) is 73.8 Å². The van der Waals surface area contributed by atoms with Crippen molar-refractivity contribution in [2.75, 3.05) is 0 Å². The van der Waals surface area contributed by atoms with Gasteiger partial charge in [0.2, 0.25) is 0 Å². The van der Waals surface area contributed by atoms with Crippen LogP contribution in [-0.2, 0) is 5.41 Å². The van der Waals surface area contributed by atoms with E-state index in [1.54, 1.807) is 0 Å². The lowest BCUT2D eigenvalue weighted by molar-refractivity contribution is 0.769. The van der Waals surface area contributed by atoms with Crippen LogP contribution in [0.15, 0.2) is 212 Å². The first kappa shape index (κ1) is 32.4. The van der Waals surface area contributed by atoms with Gasteiger partial charge in [-0.3, -0.25) is 0 Å². The molecule has 0 radical (unpaired) electrons. The van der Waals surface area contributed by atoms with Crippen molar-refractivity contribution in [2.24, 2.45) is 0 Å². The van der Waals surface area contributed by atoms with Crippen molar-refractivity contribution in [3.05, 3.63) is 235 Å². The molecule has 9 aromatic rings. The van der Waals surface area contributed by atoms with E-state index >= 15 is 0 Å². The zero-order chi connectivity index (χ0) is 36.6. The van der Waals surface area contributed by atoms with Gasteiger partial charge in [-0.15, -0.1) is 0 Å². The highest BCUT2D eigenvalue weighted by atomic mass is 15.0. The van der Waals surface area contributed by atoms with E-state index in [4.69, 9.17) is 15.0 Å². The average Bonchev–Trinajstić information content (AvgIpc) is 3.57. The molecule has 1 aliphatic carbocycles. The van der Waals surface area contributed by atoms with E-state index in [1.807, 2.05) is 60.7 Å². The zero-order valence-electron chi connectivity index (χ0n) is 30.0. The summed E-state index contributed by atoms with van der Waals surface area (Å²) in [5.41, 5.74) is 14.5. The minimum Gasteiger partial charge on any atom is -0.208 e. The van der Waals surface area contributed by atoms with Crippen LogP contribution in [0.2, 0.25) is 0 Å². The molecule has 1 aliphatic rings. The normalized spacial score (nSPS) is 12.5. The molecule has 3 heteroatoms. The summed E-state index contributed by atoms with van der Waals surface area (Å²) in [5, 5.41) is 0. The molecule has 0 N–H and O–H groups in total. The molecule has 55 heavy (non-hydrogen) atoms. The van der Waals surface area contributed by atoms with Gasteiger partial charge in [-0.2, -0.15) is 0 Å².